The van der Waals surface area contributed by atoms with Crippen molar-refractivity contribution in [3.8, 4) is 0 Å². The summed E-state index contributed by atoms with van der Waals surface area (Å²) in [5.74, 6) is -1.23. The lowest BCUT2D eigenvalue weighted by atomic mass is 10.1. The predicted molar refractivity (Wildman–Crippen MR) is 57.2 cm³/mol. The topological polar surface area (TPSA) is 63.7 Å². The molecule has 0 radical (unpaired) electrons. The Morgan fingerprint density at radius 2 is 1.76 bits per heavy atom. The SMILES string of the molecule is O=C1OCc2ccc(N3C(=O)C=CC3=O)cc21. The highest BCUT2D eigenvalue weighted by atomic mass is 16.5. The van der Waals surface area contributed by atoms with Crippen molar-refractivity contribution in [3.63, 3.8) is 0 Å². The summed E-state index contributed by atoms with van der Waals surface area (Å²) in [6.45, 7) is 0.245. The predicted octanol–water partition coefficient (Wildman–Crippen LogP) is 0.786. The van der Waals surface area contributed by atoms with Crippen LogP contribution in [0.15, 0.2) is 30.4 Å². The number of hydrogen-bond donors (Lipinski definition) is 0. The molecule has 2 heterocycles. The number of imide groups is 1. The number of ether oxygens (including phenoxy) is 1. The van der Waals surface area contributed by atoms with Gasteiger partial charge in [-0.3, -0.25) is 9.59 Å². The highest BCUT2D eigenvalue weighted by Gasteiger charge is 2.28. The molecule has 5 nitrogen and oxygen atoms in total. The molecule has 0 fully saturated rings. The zero-order chi connectivity index (χ0) is 12.0. The first-order valence-corrected chi connectivity index (χ1v) is 5.03. The first kappa shape index (κ1) is 9.77. The van der Waals surface area contributed by atoms with Crippen LogP contribution in [0.1, 0.15) is 15.9 Å². The van der Waals surface area contributed by atoms with Gasteiger partial charge in [-0.25, -0.2) is 9.69 Å². The van der Waals surface area contributed by atoms with Crippen molar-refractivity contribution < 1.29 is 19.1 Å². The van der Waals surface area contributed by atoms with Crippen LogP contribution in [0.3, 0.4) is 0 Å². The van der Waals surface area contributed by atoms with E-state index in [2.05, 4.69) is 0 Å². The number of fused-ring (bicyclic) bond motifs is 1. The molecule has 5 heteroatoms. The van der Waals surface area contributed by atoms with E-state index in [4.69, 9.17) is 4.74 Å². The molecule has 0 aromatic heterocycles. The molecule has 84 valence electrons. The van der Waals surface area contributed by atoms with Crippen molar-refractivity contribution >= 4 is 23.5 Å². The van der Waals surface area contributed by atoms with E-state index in [0.717, 1.165) is 10.5 Å². The van der Waals surface area contributed by atoms with E-state index in [9.17, 15) is 14.4 Å². The van der Waals surface area contributed by atoms with Crippen molar-refractivity contribution in [1.82, 2.24) is 0 Å². The maximum atomic E-state index is 11.5. The van der Waals surface area contributed by atoms with Crippen LogP contribution in [0.5, 0.6) is 0 Å². The molecular formula is C12H7NO4. The summed E-state index contributed by atoms with van der Waals surface area (Å²) in [5, 5.41) is 0. The lowest BCUT2D eigenvalue weighted by Crippen LogP contribution is -2.29. The van der Waals surface area contributed by atoms with E-state index >= 15 is 0 Å². The fourth-order valence-electron chi connectivity index (χ4n) is 1.90. The normalized spacial score (nSPS) is 17.6. The summed E-state index contributed by atoms with van der Waals surface area (Å²) in [4.78, 5) is 35.3. The Kier molecular flexibility index (Phi) is 1.89. The Morgan fingerprint density at radius 1 is 1.06 bits per heavy atom. The molecule has 0 N–H and O–H groups in total. The molecule has 1 aromatic rings. The van der Waals surface area contributed by atoms with Gasteiger partial charge in [0.05, 0.1) is 11.3 Å². The number of carbonyl (C=O) groups excluding carboxylic acids is 3. The molecule has 2 amide bonds. The number of cyclic esters (lactones) is 1. The number of carbonyl (C=O) groups is 3. The Hall–Kier alpha value is -2.43. The number of benzene rings is 1. The highest BCUT2D eigenvalue weighted by Crippen LogP contribution is 2.27. The maximum Gasteiger partial charge on any atom is 0.338 e. The van der Waals surface area contributed by atoms with Crippen molar-refractivity contribution in [2.24, 2.45) is 0 Å². The van der Waals surface area contributed by atoms with Crippen LogP contribution in [0, 0.1) is 0 Å². The standard InChI is InChI=1S/C12H7NO4/c14-10-3-4-11(15)13(10)8-2-1-7-6-17-12(16)9(7)5-8/h1-5H,6H2. The quantitative estimate of drug-likeness (QED) is 0.527. The zero-order valence-electron chi connectivity index (χ0n) is 8.67. The third-order valence-electron chi connectivity index (χ3n) is 2.74. The number of nitrogens with zero attached hydrogens (tertiary/aromatic N) is 1. The molecule has 0 unspecified atom stereocenters. The van der Waals surface area contributed by atoms with Crippen LogP contribution in [0.2, 0.25) is 0 Å². The lowest BCUT2D eigenvalue weighted by molar-refractivity contribution is -0.119. The molecule has 0 saturated carbocycles. The van der Waals surface area contributed by atoms with Gasteiger partial charge in [0.15, 0.2) is 0 Å². The highest BCUT2D eigenvalue weighted by molar-refractivity contribution is 6.28. The average Bonchev–Trinajstić information content (AvgIpc) is 2.84. The van der Waals surface area contributed by atoms with Crippen LogP contribution < -0.4 is 4.90 Å². The van der Waals surface area contributed by atoms with E-state index in [-0.39, 0.29) is 6.61 Å². The van der Waals surface area contributed by atoms with Crippen LogP contribution in [0.4, 0.5) is 5.69 Å². The minimum Gasteiger partial charge on any atom is -0.457 e. The van der Waals surface area contributed by atoms with Crippen molar-refractivity contribution in [1.29, 1.82) is 0 Å². The Balaban J connectivity index is 2.06. The molecule has 0 aliphatic carbocycles. The van der Waals surface area contributed by atoms with Gasteiger partial charge in [0.2, 0.25) is 0 Å². The lowest BCUT2D eigenvalue weighted by Gasteiger charge is -2.13. The van der Waals surface area contributed by atoms with E-state index in [1.807, 2.05) is 0 Å². The summed E-state index contributed by atoms with van der Waals surface area (Å²) >= 11 is 0. The molecule has 3 rings (SSSR count). The molecule has 2 aliphatic rings. The molecule has 0 atom stereocenters. The summed E-state index contributed by atoms with van der Waals surface area (Å²) < 4.78 is 4.85. The fraction of sp³-hybridized carbons (Fsp3) is 0.0833. The van der Waals surface area contributed by atoms with Crippen LogP contribution in [0.25, 0.3) is 0 Å². The molecule has 0 saturated heterocycles. The van der Waals surface area contributed by atoms with Crippen molar-refractivity contribution in [2.75, 3.05) is 4.90 Å². The summed E-state index contributed by atoms with van der Waals surface area (Å²) in [7, 11) is 0. The van der Waals surface area contributed by atoms with E-state index < -0.39 is 17.8 Å². The Bertz CT molecular complexity index is 570. The van der Waals surface area contributed by atoms with Crippen molar-refractivity contribution in [3.05, 3.63) is 41.5 Å². The third-order valence-corrected chi connectivity index (χ3v) is 2.74. The number of hydrogen-bond acceptors (Lipinski definition) is 4. The van der Waals surface area contributed by atoms with Gasteiger partial charge in [-0.15, -0.1) is 0 Å². The van der Waals surface area contributed by atoms with Gasteiger partial charge in [0.25, 0.3) is 11.8 Å². The van der Waals surface area contributed by atoms with Crippen LogP contribution >= 0.6 is 0 Å². The molecular weight excluding hydrogens is 222 g/mol. The van der Waals surface area contributed by atoms with Gasteiger partial charge in [0, 0.05) is 17.7 Å². The molecule has 0 bridgehead atoms. The van der Waals surface area contributed by atoms with Crippen LogP contribution in [-0.2, 0) is 20.9 Å². The van der Waals surface area contributed by atoms with E-state index in [0.29, 0.717) is 11.3 Å². The molecule has 2 aliphatic heterocycles. The fourth-order valence-corrected chi connectivity index (χ4v) is 1.90. The largest absolute Gasteiger partial charge is 0.457 e. The second-order valence-corrected chi connectivity index (χ2v) is 3.76. The van der Waals surface area contributed by atoms with Gasteiger partial charge in [0.1, 0.15) is 6.61 Å². The molecule has 0 spiro atoms. The van der Waals surface area contributed by atoms with E-state index in [1.165, 1.54) is 18.2 Å². The van der Waals surface area contributed by atoms with Gasteiger partial charge < -0.3 is 4.74 Å². The van der Waals surface area contributed by atoms with Gasteiger partial charge in [-0.05, 0) is 12.1 Å². The molecule has 1 aromatic carbocycles. The minimum atomic E-state index is -0.422. The zero-order valence-corrected chi connectivity index (χ0v) is 8.67. The van der Waals surface area contributed by atoms with E-state index in [1.54, 1.807) is 12.1 Å². The summed E-state index contributed by atoms with van der Waals surface area (Å²) in [6, 6.07) is 4.82. The summed E-state index contributed by atoms with van der Waals surface area (Å²) in [6.07, 6.45) is 2.40. The number of rotatable bonds is 1. The number of anilines is 1. The third kappa shape index (κ3) is 1.36. The Labute approximate surface area is 96.3 Å². The number of esters is 1. The molecule has 17 heavy (non-hydrogen) atoms. The number of amides is 2. The average molecular weight is 229 g/mol. The first-order valence-electron chi connectivity index (χ1n) is 5.03. The smallest absolute Gasteiger partial charge is 0.338 e. The second-order valence-electron chi connectivity index (χ2n) is 3.76. The monoisotopic (exact) mass is 229 g/mol. The second kappa shape index (κ2) is 3.28. The van der Waals surface area contributed by atoms with Crippen molar-refractivity contribution in [2.45, 2.75) is 6.61 Å². The minimum absolute atomic E-state index is 0.245. The first-order chi connectivity index (χ1) is 8.16. The van der Waals surface area contributed by atoms with Gasteiger partial charge in [-0.2, -0.15) is 0 Å². The maximum absolute atomic E-state index is 11.5. The summed E-state index contributed by atoms with van der Waals surface area (Å²) in [5.41, 5.74) is 1.57. The van der Waals surface area contributed by atoms with Gasteiger partial charge in [-0.1, -0.05) is 6.07 Å². The van der Waals surface area contributed by atoms with Crippen LogP contribution in [-0.4, -0.2) is 17.8 Å². The Morgan fingerprint density at radius 3 is 2.47 bits per heavy atom. The van der Waals surface area contributed by atoms with Gasteiger partial charge >= 0.3 is 5.97 Å².